The molecule has 0 aliphatic heterocycles. The van der Waals surface area contributed by atoms with Gasteiger partial charge in [0.15, 0.2) is 0 Å². The van der Waals surface area contributed by atoms with Gasteiger partial charge in [0, 0.05) is 11.6 Å². The number of hydrogen-bond acceptors (Lipinski definition) is 4. The van der Waals surface area contributed by atoms with Crippen LogP contribution in [0.3, 0.4) is 0 Å². The fraction of sp³-hybridized carbons (Fsp3) is 0.500. The average Bonchev–Trinajstić information content (AvgIpc) is 2.97. The van der Waals surface area contributed by atoms with Crippen molar-refractivity contribution in [3.05, 3.63) is 29.8 Å². The molecule has 0 radical (unpaired) electrons. The zero-order valence-corrected chi connectivity index (χ0v) is 12.3. The second-order valence-corrected chi connectivity index (χ2v) is 5.47. The SMILES string of the molecule is COC(=O)Cc1ccc(NC(=O)[C@@H]2CCC[C@@H]2CN)cc1. The molecular formula is C16H22N2O3. The summed E-state index contributed by atoms with van der Waals surface area (Å²) in [5, 5.41) is 2.93. The average molecular weight is 290 g/mol. The summed E-state index contributed by atoms with van der Waals surface area (Å²) < 4.78 is 4.62. The molecule has 0 bridgehead atoms. The third-order valence-electron chi connectivity index (χ3n) is 4.10. The van der Waals surface area contributed by atoms with E-state index in [1.165, 1.54) is 7.11 Å². The van der Waals surface area contributed by atoms with E-state index >= 15 is 0 Å². The largest absolute Gasteiger partial charge is 0.469 e. The van der Waals surface area contributed by atoms with Crippen LogP contribution in [0.1, 0.15) is 24.8 Å². The lowest BCUT2D eigenvalue weighted by atomic mass is 9.95. The van der Waals surface area contributed by atoms with Crippen LogP contribution >= 0.6 is 0 Å². The number of ether oxygens (including phenoxy) is 1. The number of hydrogen-bond donors (Lipinski definition) is 2. The maximum absolute atomic E-state index is 12.3. The molecule has 114 valence electrons. The summed E-state index contributed by atoms with van der Waals surface area (Å²) in [6, 6.07) is 7.26. The number of carbonyl (C=O) groups is 2. The first-order valence-electron chi connectivity index (χ1n) is 7.30. The predicted molar refractivity (Wildman–Crippen MR) is 80.7 cm³/mol. The Hall–Kier alpha value is -1.88. The van der Waals surface area contributed by atoms with Crippen molar-refractivity contribution in [2.75, 3.05) is 19.0 Å². The van der Waals surface area contributed by atoms with E-state index in [0.29, 0.717) is 12.5 Å². The molecule has 0 unspecified atom stereocenters. The molecule has 1 saturated carbocycles. The topological polar surface area (TPSA) is 81.4 Å². The minimum atomic E-state index is -0.275. The summed E-state index contributed by atoms with van der Waals surface area (Å²) in [6.07, 6.45) is 3.25. The van der Waals surface area contributed by atoms with E-state index in [-0.39, 0.29) is 24.2 Å². The van der Waals surface area contributed by atoms with E-state index in [0.717, 1.165) is 30.5 Å². The van der Waals surface area contributed by atoms with Gasteiger partial charge in [0.2, 0.25) is 5.91 Å². The highest BCUT2D eigenvalue weighted by Gasteiger charge is 2.31. The molecule has 21 heavy (non-hydrogen) atoms. The Labute approximate surface area is 124 Å². The van der Waals surface area contributed by atoms with Crippen molar-refractivity contribution in [1.82, 2.24) is 0 Å². The number of esters is 1. The number of methoxy groups -OCH3 is 1. The van der Waals surface area contributed by atoms with E-state index in [4.69, 9.17) is 5.73 Å². The van der Waals surface area contributed by atoms with Gasteiger partial charge in [-0.15, -0.1) is 0 Å². The van der Waals surface area contributed by atoms with Gasteiger partial charge in [-0.25, -0.2) is 0 Å². The Morgan fingerprint density at radius 2 is 2.00 bits per heavy atom. The zero-order chi connectivity index (χ0) is 15.2. The van der Waals surface area contributed by atoms with Crippen LogP contribution in [0.15, 0.2) is 24.3 Å². The normalized spacial score (nSPS) is 21.0. The molecule has 2 rings (SSSR count). The molecule has 0 saturated heterocycles. The number of rotatable bonds is 5. The van der Waals surface area contributed by atoms with Crippen molar-refractivity contribution in [2.24, 2.45) is 17.6 Å². The molecule has 5 heteroatoms. The molecular weight excluding hydrogens is 268 g/mol. The van der Waals surface area contributed by atoms with Gasteiger partial charge in [0.25, 0.3) is 0 Å². The summed E-state index contributed by atoms with van der Waals surface area (Å²) >= 11 is 0. The molecule has 3 N–H and O–H groups in total. The molecule has 1 aromatic carbocycles. The number of nitrogens with two attached hydrogens (primary N) is 1. The monoisotopic (exact) mass is 290 g/mol. The van der Waals surface area contributed by atoms with Gasteiger partial charge >= 0.3 is 5.97 Å². The first-order chi connectivity index (χ1) is 10.1. The molecule has 0 spiro atoms. The molecule has 1 aliphatic rings. The van der Waals surface area contributed by atoms with Crippen molar-refractivity contribution >= 4 is 17.6 Å². The maximum atomic E-state index is 12.3. The lowest BCUT2D eigenvalue weighted by molar-refractivity contribution is -0.139. The molecule has 0 heterocycles. The van der Waals surface area contributed by atoms with Gasteiger partial charge in [-0.05, 0) is 43.0 Å². The Balaban J connectivity index is 1.93. The lowest BCUT2D eigenvalue weighted by Crippen LogP contribution is -2.29. The van der Waals surface area contributed by atoms with Gasteiger partial charge in [-0.3, -0.25) is 9.59 Å². The number of carbonyl (C=O) groups excluding carboxylic acids is 2. The number of nitrogens with one attached hydrogen (secondary N) is 1. The molecule has 0 aromatic heterocycles. The first-order valence-corrected chi connectivity index (χ1v) is 7.30. The molecule has 5 nitrogen and oxygen atoms in total. The van der Waals surface area contributed by atoms with Crippen LogP contribution in [0.2, 0.25) is 0 Å². The van der Waals surface area contributed by atoms with Crippen molar-refractivity contribution in [2.45, 2.75) is 25.7 Å². The van der Waals surface area contributed by atoms with Gasteiger partial charge in [0.05, 0.1) is 13.5 Å². The quantitative estimate of drug-likeness (QED) is 0.809. The van der Waals surface area contributed by atoms with Crippen LogP contribution in [-0.4, -0.2) is 25.5 Å². The Bertz CT molecular complexity index is 499. The number of benzene rings is 1. The highest BCUT2D eigenvalue weighted by atomic mass is 16.5. The van der Waals surface area contributed by atoms with E-state index in [1.54, 1.807) is 0 Å². The lowest BCUT2D eigenvalue weighted by Gasteiger charge is -2.17. The fourth-order valence-corrected chi connectivity index (χ4v) is 2.84. The van der Waals surface area contributed by atoms with E-state index < -0.39 is 0 Å². The van der Waals surface area contributed by atoms with Crippen LogP contribution in [0, 0.1) is 11.8 Å². The molecule has 1 fully saturated rings. The van der Waals surface area contributed by atoms with Crippen molar-refractivity contribution < 1.29 is 14.3 Å². The first kappa shape index (κ1) is 15.5. The van der Waals surface area contributed by atoms with Crippen LogP contribution in [-0.2, 0) is 20.7 Å². The van der Waals surface area contributed by atoms with Crippen LogP contribution in [0.4, 0.5) is 5.69 Å². The number of amides is 1. The third kappa shape index (κ3) is 4.04. The highest BCUT2D eigenvalue weighted by molar-refractivity contribution is 5.93. The maximum Gasteiger partial charge on any atom is 0.309 e. The molecule has 2 atom stereocenters. The predicted octanol–water partition coefficient (Wildman–Crippen LogP) is 1.72. The summed E-state index contributed by atoms with van der Waals surface area (Å²) in [6.45, 7) is 0.566. The zero-order valence-electron chi connectivity index (χ0n) is 12.3. The minimum Gasteiger partial charge on any atom is -0.469 e. The Morgan fingerprint density at radius 3 is 2.62 bits per heavy atom. The summed E-state index contributed by atoms with van der Waals surface area (Å²) in [7, 11) is 1.37. The van der Waals surface area contributed by atoms with Gasteiger partial charge in [0.1, 0.15) is 0 Å². The molecule has 1 aliphatic carbocycles. The van der Waals surface area contributed by atoms with Crippen LogP contribution in [0.5, 0.6) is 0 Å². The van der Waals surface area contributed by atoms with Crippen molar-refractivity contribution in [3.63, 3.8) is 0 Å². The summed E-state index contributed by atoms with van der Waals surface area (Å²) in [4.78, 5) is 23.4. The van der Waals surface area contributed by atoms with E-state index in [2.05, 4.69) is 10.1 Å². The second-order valence-electron chi connectivity index (χ2n) is 5.47. The van der Waals surface area contributed by atoms with Crippen molar-refractivity contribution in [1.29, 1.82) is 0 Å². The van der Waals surface area contributed by atoms with Gasteiger partial charge in [-0.1, -0.05) is 18.6 Å². The minimum absolute atomic E-state index is 0.0183. The summed E-state index contributed by atoms with van der Waals surface area (Å²) in [5.41, 5.74) is 7.32. The van der Waals surface area contributed by atoms with Gasteiger partial charge < -0.3 is 15.8 Å². The number of anilines is 1. The second kappa shape index (κ2) is 7.22. The standard InChI is InChI=1S/C16H22N2O3/c1-21-15(19)9-11-5-7-13(8-6-11)18-16(20)14-4-2-3-12(14)10-17/h5-8,12,14H,2-4,9-10,17H2,1H3,(H,18,20)/t12-,14-/m1/s1. The molecule has 1 amide bonds. The summed E-state index contributed by atoms with van der Waals surface area (Å²) in [5.74, 6) is 0.0838. The Morgan fingerprint density at radius 1 is 1.29 bits per heavy atom. The Kier molecular flexibility index (Phi) is 5.33. The van der Waals surface area contributed by atoms with Gasteiger partial charge in [-0.2, -0.15) is 0 Å². The highest BCUT2D eigenvalue weighted by Crippen LogP contribution is 2.31. The third-order valence-corrected chi connectivity index (χ3v) is 4.10. The molecule has 1 aromatic rings. The fourth-order valence-electron chi connectivity index (χ4n) is 2.84. The van der Waals surface area contributed by atoms with Crippen LogP contribution in [0.25, 0.3) is 0 Å². The smallest absolute Gasteiger partial charge is 0.309 e. The van der Waals surface area contributed by atoms with Crippen LogP contribution < -0.4 is 11.1 Å². The van der Waals surface area contributed by atoms with Crippen molar-refractivity contribution in [3.8, 4) is 0 Å². The van der Waals surface area contributed by atoms with E-state index in [9.17, 15) is 9.59 Å². The van der Waals surface area contributed by atoms with E-state index in [1.807, 2.05) is 24.3 Å².